The summed E-state index contributed by atoms with van der Waals surface area (Å²) in [6, 6.07) is 0. The summed E-state index contributed by atoms with van der Waals surface area (Å²) in [7, 11) is 0. The van der Waals surface area contributed by atoms with Crippen LogP contribution in [-0.2, 0) is 0 Å². The number of nitrogens with zero attached hydrogens (tertiary/aromatic N) is 3. The Labute approximate surface area is 59.1 Å². The summed E-state index contributed by atoms with van der Waals surface area (Å²) in [6.07, 6.45) is 10.1. The highest BCUT2D eigenvalue weighted by molar-refractivity contribution is 5.82. The first-order chi connectivity index (χ1) is 4.97. The van der Waals surface area contributed by atoms with Crippen LogP contribution in [0.15, 0.2) is 34.3 Å². The largest absolute Gasteiger partial charge is 0.338 e. The first-order valence-electron chi connectivity index (χ1n) is 3.08. The maximum atomic E-state index is 3.98. The van der Waals surface area contributed by atoms with E-state index in [0.717, 1.165) is 12.2 Å². The van der Waals surface area contributed by atoms with E-state index in [0.29, 0.717) is 0 Å². The minimum atomic E-state index is 0.824. The molecule has 0 aromatic carbocycles. The van der Waals surface area contributed by atoms with Gasteiger partial charge in [-0.2, -0.15) is 0 Å². The highest BCUT2D eigenvalue weighted by atomic mass is 15.2. The van der Waals surface area contributed by atoms with E-state index >= 15 is 0 Å². The van der Waals surface area contributed by atoms with Gasteiger partial charge in [0.15, 0.2) is 0 Å². The smallest absolute Gasteiger partial charge is 0.116 e. The Kier molecular flexibility index (Phi) is 1.13. The molecule has 0 saturated heterocycles. The van der Waals surface area contributed by atoms with E-state index in [9.17, 15) is 0 Å². The summed E-state index contributed by atoms with van der Waals surface area (Å²) in [5.41, 5.74) is 0.935. The molecule has 0 aromatic heterocycles. The summed E-state index contributed by atoms with van der Waals surface area (Å²) in [4.78, 5) is 9.85. The predicted octanol–water partition coefficient (Wildman–Crippen LogP) is 0.647. The molecule has 0 fully saturated rings. The number of aliphatic imine (C=N–C) groups is 2. The monoisotopic (exact) mass is 132 g/mol. The predicted molar refractivity (Wildman–Crippen MR) is 39.9 cm³/mol. The molecule has 3 heteroatoms. The van der Waals surface area contributed by atoms with E-state index in [1.165, 1.54) is 0 Å². The average molecular weight is 132 g/mol. The van der Waals surface area contributed by atoms with Crippen molar-refractivity contribution >= 4 is 12.4 Å². The molecule has 49 valence electrons. The summed E-state index contributed by atoms with van der Waals surface area (Å²) in [5.74, 6) is 0. The third-order valence-electron chi connectivity index (χ3n) is 1.39. The number of hydrogen-bond acceptors (Lipinski definition) is 3. The Morgan fingerprint density at radius 3 is 3.50 bits per heavy atom. The van der Waals surface area contributed by atoms with Gasteiger partial charge in [-0.25, -0.2) is 0 Å². The molecular formula is C7H6N3. The molecule has 10 heavy (non-hydrogen) atoms. The first-order valence-corrected chi connectivity index (χ1v) is 3.08. The van der Waals surface area contributed by atoms with Crippen LogP contribution in [0.1, 0.15) is 0 Å². The Morgan fingerprint density at radius 2 is 2.60 bits per heavy atom. The number of hydrogen-bond donors (Lipinski definition) is 0. The SMILES string of the molecule is [C]1=NC=CN2CC=NC=C12. The zero-order valence-electron chi connectivity index (χ0n) is 5.36. The zero-order chi connectivity index (χ0) is 6.81. The molecule has 0 amide bonds. The fourth-order valence-electron chi connectivity index (χ4n) is 0.882. The standard InChI is InChI=1S/C7H6N3/c1-3-10-4-2-9-6-7(10)5-8-1/h1-3,6H,4H2. The van der Waals surface area contributed by atoms with Crippen LogP contribution in [0.2, 0.25) is 0 Å². The van der Waals surface area contributed by atoms with Crippen molar-refractivity contribution in [2.24, 2.45) is 9.98 Å². The third kappa shape index (κ3) is 0.757. The maximum Gasteiger partial charge on any atom is 0.116 e. The normalized spacial score (nSPS) is 20.8. The molecule has 2 aliphatic rings. The van der Waals surface area contributed by atoms with Crippen molar-refractivity contribution < 1.29 is 0 Å². The highest BCUT2D eigenvalue weighted by Crippen LogP contribution is 2.09. The third-order valence-corrected chi connectivity index (χ3v) is 1.39. The van der Waals surface area contributed by atoms with Crippen LogP contribution in [0.4, 0.5) is 0 Å². The van der Waals surface area contributed by atoms with Gasteiger partial charge in [0.05, 0.1) is 18.4 Å². The van der Waals surface area contributed by atoms with Gasteiger partial charge in [0.1, 0.15) is 6.21 Å². The second-order valence-corrected chi connectivity index (χ2v) is 2.04. The average Bonchev–Trinajstić information content (AvgIpc) is 2.05. The van der Waals surface area contributed by atoms with Gasteiger partial charge in [-0.15, -0.1) is 0 Å². The van der Waals surface area contributed by atoms with Crippen molar-refractivity contribution in [1.82, 2.24) is 4.90 Å². The lowest BCUT2D eigenvalue weighted by atomic mass is 10.3. The van der Waals surface area contributed by atoms with E-state index in [4.69, 9.17) is 0 Å². The molecule has 0 saturated carbocycles. The van der Waals surface area contributed by atoms with E-state index in [1.54, 1.807) is 12.4 Å². The van der Waals surface area contributed by atoms with Crippen LogP contribution in [0.25, 0.3) is 0 Å². The lowest BCUT2D eigenvalue weighted by molar-refractivity contribution is 0.550. The van der Waals surface area contributed by atoms with Gasteiger partial charge in [-0.3, -0.25) is 9.98 Å². The molecule has 2 rings (SSSR count). The van der Waals surface area contributed by atoms with Crippen LogP contribution in [-0.4, -0.2) is 23.9 Å². The van der Waals surface area contributed by atoms with Crippen LogP contribution in [0.5, 0.6) is 0 Å². The molecule has 0 spiro atoms. The fraction of sp³-hybridized carbons (Fsp3) is 0.143. The molecule has 2 heterocycles. The van der Waals surface area contributed by atoms with E-state index in [-0.39, 0.29) is 0 Å². The van der Waals surface area contributed by atoms with Crippen LogP contribution >= 0.6 is 0 Å². The molecule has 0 atom stereocenters. The quantitative estimate of drug-likeness (QED) is 0.475. The van der Waals surface area contributed by atoms with E-state index in [2.05, 4.69) is 16.2 Å². The van der Waals surface area contributed by atoms with Gasteiger partial charge in [0.2, 0.25) is 0 Å². The van der Waals surface area contributed by atoms with Crippen molar-refractivity contribution in [3.63, 3.8) is 0 Å². The Balaban J connectivity index is 2.34. The minimum absolute atomic E-state index is 0.824. The van der Waals surface area contributed by atoms with Crippen molar-refractivity contribution in [3.8, 4) is 0 Å². The lowest BCUT2D eigenvalue weighted by Gasteiger charge is -2.21. The second-order valence-electron chi connectivity index (χ2n) is 2.04. The second kappa shape index (κ2) is 2.10. The summed E-state index contributed by atoms with van der Waals surface area (Å²) >= 11 is 0. The molecule has 1 radical (unpaired) electrons. The summed E-state index contributed by atoms with van der Waals surface area (Å²) < 4.78 is 0. The van der Waals surface area contributed by atoms with Gasteiger partial charge in [-0.1, -0.05) is 0 Å². The van der Waals surface area contributed by atoms with Crippen LogP contribution in [0.3, 0.4) is 0 Å². The lowest BCUT2D eigenvalue weighted by Crippen LogP contribution is -2.23. The van der Waals surface area contributed by atoms with Crippen molar-refractivity contribution in [3.05, 3.63) is 24.3 Å². The van der Waals surface area contributed by atoms with Gasteiger partial charge in [0, 0.05) is 18.6 Å². The molecule has 0 unspecified atom stereocenters. The summed E-state index contributed by atoms with van der Waals surface area (Å²) in [6.45, 7) is 0.824. The highest BCUT2D eigenvalue weighted by Gasteiger charge is 2.08. The Morgan fingerprint density at radius 1 is 1.60 bits per heavy atom. The van der Waals surface area contributed by atoms with Crippen LogP contribution < -0.4 is 0 Å². The fourth-order valence-corrected chi connectivity index (χ4v) is 0.882. The van der Waals surface area contributed by atoms with Gasteiger partial charge < -0.3 is 4.90 Å². The molecule has 2 aliphatic heterocycles. The molecule has 0 aliphatic carbocycles. The summed E-state index contributed by atoms with van der Waals surface area (Å²) in [5, 5.41) is 0. The van der Waals surface area contributed by atoms with Crippen molar-refractivity contribution in [1.29, 1.82) is 0 Å². The number of fused-ring (bicyclic) bond motifs is 1. The van der Waals surface area contributed by atoms with Gasteiger partial charge >= 0.3 is 0 Å². The van der Waals surface area contributed by atoms with Gasteiger partial charge in [-0.05, 0) is 0 Å². The van der Waals surface area contributed by atoms with E-state index < -0.39 is 0 Å². The molecule has 0 N–H and O–H groups in total. The first kappa shape index (κ1) is 5.41. The zero-order valence-corrected chi connectivity index (χ0v) is 5.36. The Hall–Kier alpha value is -1.38. The molecule has 0 aromatic rings. The molecule has 0 bridgehead atoms. The topological polar surface area (TPSA) is 28.0 Å². The molecular weight excluding hydrogens is 126 g/mol. The number of allylic oxidation sites excluding steroid dienone is 1. The van der Waals surface area contributed by atoms with E-state index in [1.807, 2.05) is 17.3 Å². The Bertz CT molecular complexity index is 248. The van der Waals surface area contributed by atoms with Gasteiger partial charge in [0.25, 0.3) is 0 Å². The maximum absolute atomic E-state index is 3.98. The number of rotatable bonds is 0. The van der Waals surface area contributed by atoms with Crippen molar-refractivity contribution in [2.75, 3.05) is 6.54 Å². The molecule has 3 nitrogen and oxygen atoms in total. The van der Waals surface area contributed by atoms with Crippen LogP contribution in [0, 0.1) is 0 Å². The van der Waals surface area contributed by atoms with Crippen molar-refractivity contribution in [2.45, 2.75) is 0 Å². The minimum Gasteiger partial charge on any atom is -0.338 e.